The summed E-state index contributed by atoms with van der Waals surface area (Å²) in [6.07, 6.45) is 6.60. The van der Waals surface area contributed by atoms with Gasteiger partial charge < -0.3 is 4.84 Å². The quantitative estimate of drug-likeness (QED) is 0.543. The van der Waals surface area contributed by atoms with Gasteiger partial charge in [-0.1, -0.05) is 22.8 Å². The zero-order valence-corrected chi connectivity index (χ0v) is 17.8. The summed E-state index contributed by atoms with van der Waals surface area (Å²) < 4.78 is 23.6. The van der Waals surface area contributed by atoms with Crippen molar-refractivity contribution in [3.05, 3.63) is 39.9 Å². The molecule has 1 aliphatic carbocycles. The Morgan fingerprint density at radius 1 is 1.36 bits per heavy atom. The summed E-state index contributed by atoms with van der Waals surface area (Å²) in [4.78, 5) is 23.4. The fourth-order valence-electron chi connectivity index (χ4n) is 2.86. The average molecular weight is 442 g/mol. The molecule has 150 valence electrons. The van der Waals surface area contributed by atoms with Gasteiger partial charge in [-0.15, -0.1) is 11.3 Å². The van der Waals surface area contributed by atoms with Crippen LogP contribution in [0.3, 0.4) is 0 Å². The second-order valence-electron chi connectivity index (χ2n) is 6.60. The molecule has 1 aromatic heterocycles. The maximum atomic E-state index is 12.8. The number of rotatable bonds is 6. The summed E-state index contributed by atoms with van der Waals surface area (Å²) >= 11 is 7.47. The highest BCUT2D eigenvalue weighted by Gasteiger charge is 2.22. The summed E-state index contributed by atoms with van der Waals surface area (Å²) in [6.45, 7) is 1.88. The number of hydrogen-bond acceptors (Lipinski definition) is 7. The number of carbonyl (C=O) groups is 1. The van der Waals surface area contributed by atoms with Crippen LogP contribution in [0, 0.1) is 6.92 Å². The predicted molar refractivity (Wildman–Crippen MR) is 110 cm³/mol. The number of carbonyl (C=O) groups excluding carboxylic acids is 1. The molecule has 1 fully saturated rings. The van der Waals surface area contributed by atoms with Crippen molar-refractivity contribution in [2.24, 2.45) is 5.16 Å². The lowest BCUT2D eigenvalue weighted by Gasteiger charge is -2.11. The first-order valence-corrected chi connectivity index (χ1v) is 11.8. The van der Waals surface area contributed by atoms with E-state index in [0.717, 1.165) is 36.8 Å². The maximum Gasteiger partial charge on any atom is 0.280 e. The van der Waals surface area contributed by atoms with E-state index in [1.165, 1.54) is 29.5 Å². The van der Waals surface area contributed by atoms with Gasteiger partial charge in [0.1, 0.15) is 6.10 Å². The predicted octanol–water partition coefficient (Wildman–Crippen LogP) is 3.81. The standard InChI is InChI=1S/C18H20ClN3O4S2/c1-11-10-20-18(27-11)21-17(23)16(22-26-13-5-3-4-6-13)12-7-8-15(14(19)9-12)28(2,24)25/h7-10,13H,3-6H2,1-2H3,(H,20,21,23). The van der Waals surface area contributed by atoms with Crippen LogP contribution in [0.15, 0.2) is 34.4 Å². The Kier molecular flexibility index (Phi) is 6.36. The average Bonchev–Trinajstić information content (AvgIpc) is 3.26. The number of thiazole rings is 1. The van der Waals surface area contributed by atoms with Gasteiger partial charge in [-0.05, 0) is 44.7 Å². The molecule has 1 N–H and O–H groups in total. The van der Waals surface area contributed by atoms with Crippen molar-refractivity contribution in [3.8, 4) is 0 Å². The van der Waals surface area contributed by atoms with Gasteiger partial charge in [0.05, 0.1) is 9.92 Å². The lowest BCUT2D eigenvalue weighted by Crippen LogP contribution is -2.25. The van der Waals surface area contributed by atoms with Crippen LogP contribution in [0.25, 0.3) is 0 Å². The Morgan fingerprint density at radius 3 is 2.64 bits per heavy atom. The van der Waals surface area contributed by atoms with Crippen molar-refractivity contribution in [1.29, 1.82) is 0 Å². The van der Waals surface area contributed by atoms with Gasteiger partial charge in [-0.25, -0.2) is 13.4 Å². The Bertz CT molecular complexity index is 1010. The van der Waals surface area contributed by atoms with Crippen LogP contribution in [-0.4, -0.2) is 37.4 Å². The van der Waals surface area contributed by atoms with Gasteiger partial charge in [0, 0.05) is 22.9 Å². The number of aryl methyl sites for hydroxylation is 1. The summed E-state index contributed by atoms with van der Waals surface area (Å²) in [5.41, 5.74) is 0.378. The van der Waals surface area contributed by atoms with E-state index >= 15 is 0 Å². The van der Waals surface area contributed by atoms with Crippen LogP contribution < -0.4 is 5.32 Å². The van der Waals surface area contributed by atoms with Crippen molar-refractivity contribution in [3.63, 3.8) is 0 Å². The molecule has 0 unspecified atom stereocenters. The molecule has 1 heterocycles. The Labute approximate surface area is 172 Å². The van der Waals surface area contributed by atoms with Gasteiger partial charge in [-0.3, -0.25) is 10.1 Å². The zero-order valence-electron chi connectivity index (χ0n) is 15.4. The van der Waals surface area contributed by atoms with Crippen LogP contribution in [0.5, 0.6) is 0 Å². The number of nitrogens with zero attached hydrogens (tertiary/aromatic N) is 2. The number of oxime groups is 1. The molecule has 2 aromatic rings. The SMILES string of the molecule is Cc1cnc(NC(=O)C(=NOC2CCCC2)c2ccc(S(C)(=O)=O)c(Cl)c2)s1. The van der Waals surface area contributed by atoms with Gasteiger partial charge in [0.15, 0.2) is 20.7 Å². The van der Waals surface area contributed by atoms with E-state index in [0.29, 0.717) is 10.7 Å². The topological polar surface area (TPSA) is 97.7 Å². The van der Waals surface area contributed by atoms with Gasteiger partial charge in [0.25, 0.3) is 5.91 Å². The Balaban J connectivity index is 1.92. The minimum atomic E-state index is -3.48. The number of amides is 1. The summed E-state index contributed by atoms with van der Waals surface area (Å²) in [6, 6.07) is 4.26. The van der Waals surface area contributed by atoms with E-state index in [9.17, 15) is 13.2 Å². The number of aromatic nitrogens is 1. The van der Waals surface area contributed by atoms with Crippen LogP contribution in [-0.2, 0) is 19.5 Å². The van der Waals surface area contributed by atoms with Crippen molar-refractivity contribution in [2.45, 2.75) is 43.6 Å². The zero-order chi connectivity index (χ0) is 20.3. The molecule has 1 aliphatic rings. The molecule has 1 aromatic carbocycles. The van der Waals surface area contributed by atoms with Crippen molar-refractivity contribution in [1.82, 2.24) is 4.98 Å². The fraction of sp³-hybridized carbons (Fsp3) is 0.389. The second-order valence-corrected chi connectivity index (χ2v) is 10.2. The summed E-state index contributed by atoms with van der Waals surface area (Å²) in [5, 5.41) is 7.24. The minimum Gasteiger partial charge on any atom is -0.392 e. The lowest BCUT2D eigenvalue weighted by molar-refractivity contribution is -0.110. The van der Waals surface area contributed by atoms with E-state index in [4.69, 9.17) is 16.4 Å². The molecule has 10 heteroatoms. The summed E-state index contributed by atoms with van der Waals surface area (Å²) in [7, 11) is -3.48. The molecule has 0 spiro atoms. The maximum absolute atomic E-state index is 12.8. The van der Waals surface area contributed by atoms with Crippen molar-refractivity contribution < 1.29 is 18.0 Å². The smallest absolute Gasteiger partial charge is 0.280 e. The van der Waals surface area contributed by atoms with Gasteiger partial charge in [-0.2, -0.15) is 0 Å². The highest BCUT2D eigenvalue weighted by atomic mass is 35.5. The van der Waals surface area contributed by atoms with Crippen LogP contribution >= 0.6 is 22.9 Å². The molecule has 3 rings (SSSR count). The summed E-state index contributed by atoms with van der Waals surface area (Å²) in [5.74, 6) is -0.504. The lowest BCUT2D eigenvalue weighted by atomic mass is 10.1. The minimum absolute atomic E-state index is 0.00932. The number of nitrogens with one attached hydrogen (secondary N) is 1. The monoisotopic (exact) mass is 441 g/mol. The normalized spacial score (nSPS) is 15.6. The van der Waals surface area contributed by atoms with Crippen molar-refractivity contribution >= 4 is 49.5 Å². The van der Waals surface area contributed by atoms with Crippen LogP contribution in [0.1, 0.15) is 36.1 Å². The number of sulfone groups is 1. The molecule has 0 saturated heterocycles. The Morgan fingerprint density at radius 2 is 2.07 bits per heavy atom. The number of halogens is 1. The van der Waals surface area contributed by atoms with E-state index in [1.807, 2.05) is 6.92 Å². The molecule has 28 heavy (non-hydrogen) atoms. The van der Waals surface area contributed by atoms with Gasteiger partial charge >= 0.3 is 0 Å². The van der Waals surface area contributed by atoms with Gasteiger partial charge in [0.2, 0.25) is 0 Å². The largest absolute Gasteiger partial charge is 0.392 e. The highest BCUT2D eigenvalue weighted by molar-refractivity contribution is 7.90. The van der Waals surface area contributed by atoms with Crippen LogP contribution in [0.4, 0.5) is 5.13 Å². The Hall–Kier alpha value is -1.97. The molecular weight excluding hydrogens is 422 g/mol. The fourth-order valence-corrected chi connectivity index (χ4v) is 4.85. The van der Waals surface area contributed by atoms with E-state index in [2.05, 4.69) is 15.5 Å². The van der Waals surface area contributed by atoms with E-state index < -0.39 is 15.7 Å². The highest BCUT2D eigenvalue weighted by Crippen LogP contribution is 2.25. The van der Waals surface area contributed by atoms with Crippen LogP contribution in [0.2, 0.25) is 5.02 Å². The first-order chi connectivity index (χ1) is 13.2. The van der Waals surface area contributed by atoms with E-state index in [-0.39, 0.29) is 21.7 Å². The molecule has 0 aliphatic heterocycles. The first-order valence-electron chi connectivity index (χ1n) is 8.71. The third-order valence-electron chi connectivity index (χ3n) is 4.26. The molecule has 1 saturated carbocycles. The van der Waals surface area contributed by atoms with Crippen molar-refractivity contribution in [2.75, 3.05) is 11.6 Å². The third kappa shape index (κ3) is 5.09. The third-order valence-corrected chi connectivity index (χ3v) is 6.66. The molecule has 0 radical (unpaired) electrons. The molecule has 1 amide bonds. The number of hydrogen-bond donors (Lipinski definition) is 1. The second kappa shape index (κ2) is 8.59. The van der Waals surface area contributed by atoms with E-state index in [1.54, 1.807) is 6.20 Å². The molecule has 0 atom stereocenters. The molecular formula is C18H20ClN3O4S2. The number of benzene rings is 1. The first kappa shape index (κ1) is 20.8. The molecule has 7 nitrogen and oxygen atoms in total. The number of anilines is 1. The molecule has 0 bridgehead atoms.